The van der Waals surface area contributed by atoms with E-state index in [2.05, 4.69) is 6.92 Å². The number of nitrogens with zero attached hydrogens (tertiary/aromatic N) is 1. The van der Waals surface area contributed by atoms with Gasteiger partial charge in [0, 0.05) is 13.1 Å². The normalized spacial score (nSPS) is 17.2. The van der Waals surface area contributed by atoms with E-state index in [9.17, 15) is 4.79 Å². The average Bonchev–Trinajstić information content (AvgIpc) is 2.19. The minimum Gasteiger partial charge on any atom is -0.449 e. The smallest absolute Gasteiger partial charge is 0.409 e. The highest BCUT2D eigenvalue weighted by molar-refractivity contribution is 5.67. The number of unbranched alkanes of at least 4 members (excludes halogenated alkanes) is 1. The summed E-state index contributed by atoms with van der Waals surface area (Å²) >= 11 is 0. The predicted molar refractivity (Wildman–Crippen MR) is 48.3 cm³/mol. The van der Waals surface area contributed by atoms with Gasteiger partial charge in [-0.2, -0.15) is 0 Å². The first-order chi connectivity index (χ1) is 6.34. The van der Waals surface area contributed by atoms with Crippen molar-refractivity contribution in [2.75, 3.05) is 32.9 Å². The van der Waals surface area contributed by atoms with Gasteiger partial charge in [-0.15, -0.1) is 0 Å². The quantitative estimate of drug-likeness (QED) is 0.619. The minimum absolute atomic E-state index is 0.225. The van der Waals surface area contributed by atoms with Gasteiger partial charge in [0.25, 0.3) is 0 Å². The van der Waals surface area contributed by atoms with Crippen LogP contribution >= 0.6 is 0 Å². The molecule has 0 aromatic heterocycles. The van der Waals surface area contributed by atoms with E-state index >= 15 is 0 Å². The van der Waals surface area contributed by atoms with Crippen LogP contribution in [0.25, 0.3) is 0 Å². The maximum atomic E-state index is 11.3. The molecule has 1 heterocycles. The maximum absolute atomic E-state index is 11.3. The number of carbonyl (C=O) groups excluding carboxylic acids is 1. The van der Waals surface area contributed by atoms with Crippen LogP contribution in [0.1, 0.15) is 12.8 Å². The van der Waals surface area contributed by atoms with Crippen molar-refractivity contribution in [1.82, 2.24) is 4.90 Å². The first-order valence-corrected chi connectivity index (χ1v) is 4.63. The fourth-order valence-corrected chi connectivity index (χ4v) is 1.10. The summed E-state index contributed by atoms with van der Waals surface area (Å²) in [7, 11) is 0. The van der Waals surface area contributed by atoms with Gasteiger partial charge < -0.3 is 14.4 Å². The highest BCUT2D eigenvalue weighted by atomic mass is 16.6. The van der Waals surface area contributed by atoms with E-state index in [-0.39, 0.29) is 6.09 Å². The van der Waals surface area contributed by atoms with Gasteiger partial charge in [0.05, 0.1) is 19.8 Å². The number of morpholine rings is 1. The van der Waals surface area contributed by atoms with Crippen LogP contribution < -0.4 is 0 Å². The van der Waals surface area contributed by atoms with Crippen molar-refractivity contribution < 1.29 is 14.3 Å². The molecule has 0 N–H and O–H groups in total. The Labute approximate surface area is 78.8 Å². The molecule has 0 aliphatic carbocycles. The second-order valence-corrected chi connectivity index (χ2v) is 2.92. The molecule has 1 aliphatic heterocycles. The van der Waals surface area contributed by atoms with Crippen molar-refractivity contribution >= 4 is 6.09 Å². The molecule has 0 unspecified atom stereocenters. The molecule has 4 heteroatoms. The monoisotopic (exact) mass is 186 g/mol. The molecule has 1 fully saturated rings. The summed E-state index contributed by atoms with van der Waals surface area (Å²) < 4.78 is 10.1. The number of rotatable bonds is 3. The molecule has 0 atom stereocenters. The SMILES string of the molecule is [CH2]CCCOC(=O)N1CCOCC1. The average molecular weight is 186 g/mol. The summed E-state index contributed by atoms with van der Waals surface area (Å²) in [6.07, 6.45) is 1.41. The van der Waals surface area contributed by atoms with E-state index in [1.54, 1.807) is 4.90 Å². The molecule has 1 aliphatic rings. The lowest BCUT2D eigenvalue weighted by Crippen LogP contribution is -2.41. The molecular weight excluding hydrogens is 170 g/mol. The lowest BCUT2D eigenvalue weighted by molar-refractivity contribution is 0.0270. The number of carbonyl (C=O) groups is 1. The van der Waals surface area contributed by atoms with E-state index in [4.69, 9.17) is 9.47 Å². The van der Waals surface area contributed by atoms with E-state index in [1.165, 1.54) is 0 Å². The number of amides is 1. The van der Waals surface area contributed by atoms with Crippen molar-refractivity contribution in [3.05, 3.63) is 6.92 Å². The van der Waals surface area contributed by atoms with Crippen LogP contribution in [0.15, 0.2) is 0 Å². The maximum Gasteiger partial charge on any atom is 0.409 e. The van der Waals surface area contributed by atoms with Crippen LogP contribution in [0.2, 0.25) is 0 Å². The van der Waals surface area contributed by atoms with Gasteiger partial charge in [-0.25, -0.2) is 4.79 Å². The summed E-state index contributed by atoms with van der Waals surface area (Å²) in [6, 6.07) is 0. The number of ether oxygens (including phenoxy) is 2. The Balaban J connectivity index is 2.13. The van der Waals surface area contributed by atoms with Crippen molar-refractivity contribution in [2.24, 2.45) is 0 Å². The third-order valence-corrected chi connectivity index (χ3v) is 1.89. The summed E-state index contributed by atoms with van der Waals surface area (Å²) in [5.74, 6) is 0. The van der Waals surface area contributed by atoms with Gasteiger partial charge in [0.15, 0.2) is 0 Å². The Kier molecular flexibility index (Phi) is 4.60. The molecule has 0 saturated carbocycles. The third-order valence-electron chi connectivity index (χ3n) is 1.89. The molecule has 0 aromatic carbocycles. The van der Waals surface area contributed by atoms with Crippen LogP contribution in [-0.4, -0.2) is 43.9 Å². The standard InChI is InChI=1S/C9H16NO3/c1-2-3-6-13-9(11)10-4-7-12-8-5-10/h1-8H2. The van der Waals surface area contributed by atoms with Crippen molar-refractivity contribution in [1.29, 1.82) is 0 Å². The molecule has 0 bridgehead atoms. The van der Waals surface area contributed by atoms with Crippen LogP contribution in [0.3, 0.4) is 0 Å². The van der Waals surface area contributed by atoms with Gasteiger partial charge in [-0.1, -0.05) is 13.3 Å². The van der Waals surface area contributed by atoms with Crippen molar-refractivity contribution in [2.45, 2.75) is 12.8 Å². The molecule has 4 nitrogen and oxygen atoms in total. The molecule has 1 saturated heterocycles. The van der Waals surface area contributed by atoms with Gasteiger partial charge in [0.1, 0.15) is 0 Å². The molecule has 0 spiro atoms. The predicted octanol–water partition coefficient (Wildman–Crippen LogP) is 1.07. The van der Waals surface area contributed by atoms with Crippen LogP contribution in [0.5, 0.6) is 0 Å². The zero-order chi connectivity index (χ0) is 9.52. The second kappa shape index (κ2) is 5.80. The van der Waals surface area contributed by atoms with Gasteiger partial charge >= 0.3 is 6.09 Å². The minimum atomic E-state index is -0.225. The molecule has 13 heavy (non-hydrogen) atoms. The number of hydrogen-bond acceptors (Lipinski definition) is 3. The molecule has 1 radical (unpaired) electrons. The summed E-state index contributed by atoms with van der Waals surface area (Å²) in [5, 5.41) is 0. The van der Waals surface area contributed by atoms with Gasteiger partial charge in [-0.3, -0.25) is 0 Å². The largest absolute Gasteiger partial charge is 0.449 e. The van der Waals surface area contributed by atoms with Crippen LogP contribution in [0, 0.1) is 6.92 Å². The first kappa shape index (κ1) is 10.3. The highest BCUT2D eigenvalue weighted by Crippen LogP contribution is 2.00. The Morgan fingerprint density at radius 3 is 2.77 bits per heavy atom. The van der Waals surface area contributed by atoms with Crippen LogP contribution in [-0.2, 0) is 9.47 Å². The Bertz CT molecular complexity index is 155. The van der Waals surface area contributed by atoms with E-state index in [1.807, 2.05) is 0 Å². The third kappa shape index (κ3) is 3.63. The van der Waals surface area contributed by atoms with Gasteiger partial charge in [-0.05, 0) is 6.42 Å². The zero-order valence-corrected chi connectivity index (χ0v) is 7.83. The molecule has 0 aromatic rings. The first-order valence-electron chi connectivity index (χ1n) is 4.63. The molecular formula is C9H16NO3. The molecule has 75 valence electrons. The second-order valence-electron chi connectivity index (χ2n) is 2.92. The fraction of sp³-hybridized carbons (Fsp3) is 0.778. The highest BCUT2D eigenvalue weighted by Gasteiger charge is 2.17. The van der Waals surface area contributed by atoms with Gasteiger partial charge in [0.2, 0.25) is 0 Å². The van der Waals surface area contributed by atoms with E-state index in [0.29, 0.717) is 32.9 Å². The topological polar surface area (TPSA) is 38.8 Å². The van der Waals surface area contributed by atoms with Crippen LogP contribution in [0.4, 0.5) is 4.79 Å². The van der Waals surface area contributed by atoms with Crippen molar-refractivity contribution in [3.63, 3.8) is 0 Å². The van der Waals surface area contributed by atoms with Crippen molar-refractivity contribution in [3.8, 4) is 0 Å². The lowest BCUT2D eigenvalue weighted by Gasteiger charge is -2.25. The van der Waals surface area contributed by atoms with E-state index < -0.39 is 0 Å². The fourth-order valence-electron chi connectivity index (χ4n) is 1.10. The Morgan fingerprint density at radius 1 is 1.46 bits per heavy atom. The van der Waals surface area contributed by atoms with E-state index in [0.717, 1.165) is 12.8 Å². The summed E-state index contributed by atoms with van der Waals surface area (Å²) in [6.45, 7) is 6.66. The number of hydrogen-bond donors (Lipinski definition) is 0. The lowest BCUT2D eigenvalue weighted by atomic mass is 10.4. The zero-order valence-electron chi connectivity index (χ0n) is 7.83. The Morgan fingerprint density at radius 2 is 2.15 bits per heavy atom. The Hall–Kier alpha value is -0.770. The summed E-state index contributed by atoms with van der Waals surface area (Å²) in [5.41, 5.74) is 0. The summed E-state index contributed by atoms with van der Waals surface area (Å²) in [4.78, 5) is 13.0. The molecule has 1 amide bonds. The molecule has 1 rings (SSSR count).